The van der Waals surface area contributed by atoms with E-state index in [1.807, 2.05) is 22.7 Å². The number of thiophene rings is 2. The van der Waals surface area contributed by atoms with Crippen LogP contribution >= 0.6 is 22.7 Å². The smallest absolute Gasteiger partial charge is 0.139 e. The standard InChI is InChI=1S/C34H50S2Si2/c1-21(2)37(22(3)4,23(5)6)17-15-29-31-19-27(13)36-34(31)30(32-20-28(14)35-33(29)32)16-18-38(24(7)8,25(9)10)26(11)12/h19-26H,1-14H3. The van der Waals surface area contributed by atoms with Gasteiger partial charge in [0.05, 0.1) is 20.5 Å². The SMILES string of the molecule is Cc1cc2c(C#C[Si](C(C)C)(C(C)C)C(C)C)c3sc(C)cc3c(C#C[Si](C(C)C)(C(C)C)C(C)C)c2s1. The molecule has 0 saturated heterocycles. The second-order valence-electron chi connectivity index (χ2n) is 13.2. The van der Waals surface area contributed by atoms with E-state index in [0.29, 0.717) is 33.2 Å². The molecular weight excluding hydrogens is 529 g/mol. The van der Waals surface area contributed by atoms with Crippen molar-refractivity contribution < 1.29 is 0 Å². The molecule has 0 amide bonds. The highest BCUT2D eigenvalue weighted by molar-refractivity contribution is 7.21. The number of fused-ring (bicyclic) bond motifs is 2. The molecule has 2 aromatic heterocycles. The molecule has 2 heterocycles. The molecule has 0 atom stereocenters. The maximum absolute atomic E-state index is 4.04. The largest absolute Gasteiger partial charge is 0.146 e. The summed E-state index contributed by atoms with van der Waals surface area (Å²) in [5, 5.41) is 2.65. The van der Waals surface area contributed by atoms with Gasteiger partial charge in [0.2, 0.25) is 0 Å². The van der Waals surface area contributed by atoms with Gasteiger partial charge in [-0.3, -0.25) is 0 Å². The molecule has 4 heteroatoms. The first-order valence-electron chi connectivity index (χ1n) is 14.6. The lowest BCUT2D eigenvalue weighted by Crippen LogP contribution is -2.43. The average Bonchev–Trinajstić information content (AvgIpc) is 3.35. The summed E-state index contributed by atoms with van der Waals surface area (Å²) < 4.78 is 2.68. The Balaban J connectivity index is 2.44. The van der Waals surface area contributed by atoms with Gasteiger partial charge in [-0.2, -0.15) is 0 Å². The monoisotopic (exact) mass is 578 g/mol. The maximum atomic E-state index is 4.04. The highest BCUT2D eigenvalue weighted by atomic mass is 32.1. The van der Waals surface area contributed by atoms with E-state index in [2.05, 4.69) is 132 Å². The summed E-state index contributed by atoms with van der Waals surface area (Å²) in [6.45, 7) is 33.3. The predicted molar refractivity (Wildman–Crippen MR) is 183 cm³/mol. The number of hydrogen-bond donors (Lipinski definition) is 0. The Kier molecular flexibility index (Phi) is 9.58. The van der Waals surface area contributed by atoms with E-state index in [9.17, 15) is 0 Å². The van der Waals surface area contributed by atoms with Crippen molar-refractivity contribution in [3.05, 3.63) is 33.0 Å². The van der Waals surface area contributed by atoms with Crippen LogP contribution < -0.4 is 0 Å². The van der Waals surface area contributed by atoms with E-state index in [4.69, 9.17) is 0 Å². The van der Waals surface area contributed by atoms with Crippen LogP contribution in [0, 0.1) is 36.8 Å². The number of hydrogen-bond acceptors (Lipinski definition) is 2. The molecule has 0 bridgehead atoms. The van der Waals surface area contributed by atoms with Crippen LogP contribution in [0.25, 0.3) is 20.2 Å². The van der Waals surface area contributed by atoms with E-state index in [-0.39, 0.29) is 0 Å². The first kappa shape index (κ1) is 31.2. The van der Waals surface area contributed by atoms with Gasteiger partial charge in [0.1, 0.15) is 16.1 Å². The molecule has 0 N–H and O–H groups in total. The number of benzene rings is 1. The van der Waals surface area contributed by atoms with Gasteiger partial charge in [0, 0.05) is 20.5 Å². The topological polar surface area (TPSA) is 0 Å². The van der Waals surface area contributed by atoms with Crippen LogP contribution in [0.2, 0.25) is 33.2 Å². The Bertz CT molecular complexity index is 1220. The lowest BCUT2D eigenvalue weighted by molar-refractivity contribution is 0.838. The predicted octanol–water partition coefficient (Wildman–Crippen LogP) is 11.9. The van der Waals surface area contributed by atoms with Gasteiger partial charge in [-0.05, 0) is 59.2 Å². The van der Waals surface area contributed by atoms with Gasteiger partial charge in [-0.15, -0.1) is 33.8 Å². The molecule has 0 unspecified atom stereocenters. The summed E-state index contributed by atoms with van der Waals surface area (Å²) in [4.78, 5) is 2.70. The van der Waals surface area contributed by atoms with Gasteiger partial charge in [0.25, 0.3) is 0 Å². The minimum Gasteiger partial charge on any atom is -0.139 e. The third kappa shape index (κ3) is 5.24. The molecule has 3 aromatic rings. The second kappa shape index (κ2) is 11.7. The van der Waals surface area contributed by atoms with Crippen molar-refractivity contribution in [1.82, 2.24) is 0 Å². The normalized spacial score (nSPS) is 12.9. The molecule has 206 valence electrons. The summed E-state index contributed by atoms with van der Waals surface area (Å²) >= 11 is 3.81. The van der Waals surface area contributed by atoms with Crippen LogP contribution in [0.3, 0.4) is 0 Å². The van der Waals surface area contributed by atoms with E-state index >= 15 is 0 Å². The van der Waals surface area contributed by atoms with Crippen LogP contribution in [0.1, 0.15) is 104 Å². The van der Waals surface area contributed by atoms with Gasteiger partial charge in [-0.25, -0.2) is 0 Å². The minimum atomic E-state index is -1.84. The van der Waals surface area contributed by atoms with Gasteiger partial charge in [-0.1, -0.05) is 94.9 Å². The zero-order valence-corrected chi connectivity index (χ0v) is 30.1. The van der Waals surface area contributed by atoms with Gasteiger partial charge >= 0.3 is 0 Å². The minimum absolute atomic E-state index is 0.626. The van der Waals surface area contributed by atoms with Crippen molar-refractivity contribution in [2.45, 2.75) is 130 Å². The molecule has 0 aliphatic carbocycles. The van der Waals surface area contributed by atoms with Crippen molar-refractivity contribution in [3.63, 3.8) is 0 Å². The summed E-state index contributed by atoms with van der Waals surface area (Å²) in [6.07, 6.45) is 0. The van der Waals surface area contributed by atoms with Gasteiger partial charge in [0.15, 0.2) is 0 Å². The number of rotatable bonds is 6. The van der Waals surface area contributed by atoms with Crippen molar-refractivity contribution in [2.75, 3.05) is 0 Å². The van der Waals surface area contributed by atoms with Crippen LogP contribution in [0.15, 0.2) is 12.1 Å². The molecule has 1 aromatic carbocycles. The van der Waals surface area contributed by atoms with Crippen molar-refractivity contribution in [1.29, 1.82) is 0 Å². The highest BCUT2D eigenvalue weighted by Gasteiger charge is 2.42. The average molecular weight is 579 g/mol. The zero-order chi connectivity index (χ0) is 28.7. The van der Waals surface area contributed by atoms with E-state index < -0.39 is 16.1 Å². The second-order valence-corrected chi connectivity index (χ2v) is 26.9. The van der Waals surface area contributed by atoms with E-state index in [1.54, 1.807) is 0 Å². The summed E-state index contributed by atoms with van der Waals surface area (Å²) in [5.41, 5.74) is 14.3. The Morgan fingerprint density at radius 1 is 0.500 bits per heavy atom. The summed E-state index contributed by atoms with van der Waals surface area (Å²) in [7, 11) is -3.68. The van der Waals surface area contributed by atoms with Crippen LogP contribution in [0.4, 0.5) is 0 Å². The third-order valence-corrected chi connectivity index (χ3v) is 24.0. The van der Waals surface area contributed by atoms with E-state index in [0.717, 1.165) is 0 Å². The van der Waals surface area contributed by atoms with Crippen molar-refractivity contribution >= 4 is 59.0 Å². The molecule has 3 rings (SSSR count). The molecule has 0 spiro atoms. The molecule has 0 aliphatic heterocycles. The molecule has 0 fully saturated rings. The Morgan fingerprint density at radius 3 is 1.00 bits per heavy atom. The van der Waals surface area contributed by atoms with Gasteiger partial charge < -0.3 is 0 Å². The molecule has 0 radical (unpaired) electrons. The highest BCUT2D eigenvalue weighted by Crippen LogP contribution is 2.44. The van der Waals surface area contributed by atoms with Crippen LogP contribution in [0.5, 0.6) is 0 Å². The molecule has 0 saturated carbocycles. The number of aryl methyl sites for hydroxylation is 2. The quantitative estimate of drug-likeness (QED) is 0.201. The fourth-order valence-corrected chi connectivity index (χ4v) is 20.0. The molecular formula is C34H50S2Si2. The van der Waals surface area contributed by atoms with Crippen LogP contribution in [-0.2, 0) is 0 Å². The fraction of sp³-hybridized carbons (Fsp3) is 0.588. The summed E-state index contributed by atoms with van der Waals surface area (Å²) in [6, 6.07) is 4.76. The van der Waals surface area contributed by atoms with Crippen molar-refractivity contribution in [2.24, 2.45) is 0 Å². The van der Waals surface area contributed by atoms with Crippen LogP contribution in [-0.4, -0.2) is 16.1 Å². The molecule has 0 aliphatic rings. The Morgan fingerprint density at radius 2 is 0.763 bits per heavy atom. The van der Waals surface area contributed by atoms with E-state index in [1.165, 1.54) is 41.1 Å². The first-order chi connectivity index (χ1) is 17.6. The zero-order valence-electron chi connectivity index (χ0n) is 26.4. The molecule has 0 nitrogen and oxygen atoms in total. The lowest BCUT2D eigenvalue weighted by atomic mass is 10.0. The maximum Gasteiger partial charge on any atom is 0.146 e. The lowest BCUT2D eigenvalue weighted by Gasteiger charge is -2.38. The fourth-order valence-electron chi connectivity index (χ4n) is 7.47. The Hall–Kier alpha value is -1.31. The first-order valence-corrected chi connectivity index (χ1v) is 20.7. The Labute approximate surface area is 244 Å². The molecule has 38 heavy (non-hydrogen) atoms. The third-order valence-electron chi connectivity index (χ3n) is 9.24. The summed E-state index contributed by atoms with van der Waals surface area (Å²) in [5.74, 6) is 7.77. The van der Waals surface area contributed by atoms with Crippen molar-refractivity contribution in [3.8, 4) is 22.9 Å².